The van der Waals surface area contributed by atoms with Gasteiger partial charge in [0.05, 0.1) is 0 Å². The summed E-state index contributed by atoms with van der Waals surface area (Å²) in [5, 5.41) is 3.44. The predicted molar refractivity (Wildman–Crippen MR) is 128 cm³/mol. The Labute approximate surface area is 191 Å². The highest BCUT2D eigenvalue weighted by Crippen LogP contribution is 2.20. The third kappa shape index (κ3) is 5.81. The van der Waals surface area contributed by atoms with E-state index in [1.807, 2.05) is 42.3 Å². The molecule has 0 bridgehead atoms. The van der Waals surface area contributed by atoms with Gasteiger partial charge < -0.3 is 19.9 Å². The van der Waals surface area contributed by atoms with E-state index in [1.165, 1.54) is 11.1 Å². The molecule has 1 N–H and O–H groups in total. The molecule has 0 atom stereocenters. The Kier molecular flexibility index (Phi) is 7.64. The average Bonchev–Trinajstić information content (AvgIpc) is 2.85. The Morgan fingerprint density at radius 3 is 2.47 bits per heavy atom. The number of hydrogen-bond acceptors (Lipinski definition) is 3. The first-order valence-electron chi connectivity index (χ1n) is 11.7. The number of rotatable bonds is 6. The molecule has 0 aliphatic carbocycles. The molecule has 170 valence electrons. The number of fused-ring (bicyclic) bond motifs is 1. The molecular weight excluding hydrogens is 400 g/mol. The monoisotopic (exact) mass is 434 g/mol. The van der Waals surface area contributed by atoms with Crippen molar-refractivity contribution in [3.8, 4) is 5.75 Å². The number of amides is 1. The Balaban J connectivity index is 1.15. The van der Waals surface area contributed by atoms with E-state index in [9.17, 15) is 4.79 Å². The number of benzene rings is 2. The molecule has 0 radical (unpaired) electrons. The second-order valence-corrected chi connectivity index (χ2v) is 8.53. The number of nitrogens with zero attached hydrogens (tertiary/aromatic N) is 3. The van der Waals surface area contributed by atoms with Crippen LogP contribution in [0.15, 0.2) is 59.6 Å². The smallest absolute Gasteiger partial charge is 0.222 e. The molecule has 2 aromatic carbocycles. The first-order valence-corrected chi connectivity index (χ1v) is 11.7. The van der Waals surface area contributed by atoms with Crippen LogP contribution in [0.2, 0.25) is 0 Å². The molecule has 0 saturated carbocycles. The minimum Gasteiger partial charge on any atom is -0.490 e. The first kappa shape index (κ1) is 22.2. The number of ether oxygens (including phenoxy) is 1. The van der Waals surface area contributed by atoms with E-state index in [2.05, 4.69) is 39.5 Å². The van der Waals surface area contributed by atoms with E-state index < -0.39 is 0 Å². The molecule has 6 nitrogen and oxygen atoms in total. The fourth-order valence-electron chi connectivity index (χ4n) is 4.52. The lowest BCUT2D eigenvalue weighted by Crippen LogP contribution is -2.47. The summed E-state index contributed by atoms with van der Waals surface area (Å²) in [5.74, 6) is 2.10. The molecule has 6 heteroatoms. The van der Waals surface area contributed by atoms with Gasteiger partial charge in [-0.05, 0) is 36.1 Å². The van der Waals surface area contributed by atoms with Crippen LogP contribution < -0.4 is 10.1 Å². The molecule has 0 aromatic heterocycles. The topological polar surface area (TPSA) is 57.2 Å². The zero-order chi connectivity index (χ0) is 22.2. The maximum absolute atomic E-state index is 12.7. The Bertz CT molecular complexity index is 907. The zero-order valence-electron chi connectivity index (χ0n) is 19.0. The van der Waals surface area contributed by atoms with Crippen molar-refractivity contribution in [2.75, 3.05) is 33.2 Å². The number of nitrogens with one attached hydrogen (secondary N) is 1. The van der Waals surface area contributed by atoms with Gasteiger partial charge in [0.2, 0.25) is 5.91 Å². The summed E-state index contributed by atoms with van der Waals surface area (Å²) in [6.07, 6.45) is 4.54. The Morgan fingerprint density at radius 2 is 1.72 bits per heavy atom. The molecule has 0 unspecified atom stereocenters. The number of piperidine rings is 1. The van der Waals surface area contributed by atoms with Crippen LogP contribution in [0, 0.1) is 0 Å². The molecule has 32 heavy (non-hydrogen) atoms. The quantitative estimate of drug-likeness (QED) is 0.430. The summed E-state index contributed by atoms with van der Waals surface area (Å²) in [6, 6.07) is 18.5. The van der Waals surface area contributed by atoms with E-state index in [-0.39, 0.29) is 12.0 Å². The van der Waals surface area contributed by atoms with Crippen LogP contribution in [0.3, 0.4) is 0 Å². The molecular formula is C26H34N4O2. The number of guanidine groups is 1. The molecule has 4 rings (SSSR count). The van der Waals surface area contributed by atoms with Crippen molar-refractivity contribution in [1.29, 1.82) is 0 Å². The molecule has 0 spiro atoms. The molecule has 2 aliphatic heterocycles. The summed E-state index contributed by atoms with van der Waals surface area (Å²) < 4.78 is 6.09. The van der Waals surface area contributed by atoms with Crippen LogP contribution in [0.25, 0.3) is 0 Å². The number of hydrogen-bond donors (Lipinski definition) is 1. The largest absolute Gasteiger partial charge is 0.490 e. The highest BCUT2D eigenvalue weighted by atomic mass is 16.5. The number of carbonyl (C=O) groups is 1. The van der Waals surface area contributed by atoms with Crippen LogP contribution in [-0.2, 0) is 17.8 Å². The molecule has 1 fully saturated rings. The number of carbonyl (C=O) groups excluding carboxylic acids is 1. The maximum atomic E-state index is 12.7. The second kappa shape index (κ2) is 11.0. The second-order valence-electron chi connectivity index (χ2n) is 8.53. The van der Waals surface area contributed by atoms with Gasteiger partial charge in [0.25, 0.3) is 0 Å². The van der Waals surface area contributed by atoms with E-state index >= 15 is 0 Å². The van der Waals surface area contributed by atoms with Crippen LogP contribution >= 0.6 is 0 Å². The molecule has 2 heterocycles. The first-order chi connectivity index (χ1) is 15.7. The SMILES string of the molecule is CN=C(NCCCC(=O)N1CCc2ccccc2C1)N1CCC(Oc2ccccc2)CC1. The Hall–Kier alpha value is -3.02. The third-order valence-electron chi connectivity index (χ3n) is 6.33. The standard InChI is InChI=1S/C26H34N4O2/c1-27-26(29-18-14-24(15-19-29)32-23-10-3-2-4-11-23)28-16-7-12-25(31)30-17-13-21-8-5-6-9-22(21)20-30/h2-6,8-11,24H,7,12-20H2,1H3,(H,27,28). The highest BCUT2D eigenvalue weighted by molar-refractivity contribution is 5.80. The number of aliphatic imine (C=N–C) groups is 1. The van der Waals surface area contributed by atoms with Gasteiger partial charge in [-0.15, -0.1) is 0 Å². The fraction of sp³-hybridized carbons (Fsp3) is 0.462. The molecule has 1 amide bonds. The minimum absolute atomic E-state index is 0.246. The van der Waals surface area contributed by atoms with Crippen molar-refractivity contribution in [3.63, 3.8) is 0 Å². The number of likely N-dealkylation sites (tertiary alicyclic amines) is 1. The van der Waals surface area contributed by atoms with Crippen LogP contribution in [-0.4, -0.2) is 61.0 Å². The van der Waals surface area contributed by atoms with E-state index in [0.29, 0.717) is 6.42 Å². The third-order valence-corrected chi connectivity index (χ3v) is 6.33. The minimum atomic E-state index is 0.246. The van der Waals surface area contributed by atoms with Gasteiger partial charge in [-0.25, -0.2) is 0 Å². The summed E-state index contributed by atoms with van der Waals surface area (Å²) in [4.78, 5) is 21.4. The average molecular weight is 435 g/mol. The van der Waals surface area contributed by atoms with E-state index in [0.717, 1.165) is 70.1 Å². The van der Waals surface area contributed by atoms with E-state index in [4.69, 9.17) is 4.74 Å². The van der Waals surface area contributed by atoms with Gasteiger partial charge in [0.1, 0.15) is 11.9 Å². The molecule has 2 aromatic rings. The van der Waals surface area contributed by atoms with Crippen molar-refractivity contribution >= 4 is 11.9 Å². The van der Waals surface area contributed by atoms with Crippen LogP contribution in [0.1, 0.15) is 36.8 Å². The van der Waals surface area contributed by atoms with Crippen LogP contribution in [0.5, 0.6) is 5.75 Å². The predicted octanol–water partition coefficient (Wildman–Crippen LogP) is 3.47. The molecule has 2 aliphatic rings. The normalized spacial score (nSPS) is 17.1. The summed E-state index contributed by atoms with van der Waals surface area (Å²) >= 11 is 0. The van der Waals surface area contributed by atoms with Crippen LogP contribution in [0.4, 0.5) is 0 Å². The van der Waals surface area contributed by atoms with Gasteiger partial charge >= 0.3 is 0 Å². The Morgan fingerprint density at radius 1 is 1.00 bits per heavy atom. The lowest BCUT2D eigenvalue weighted by atomic mass is 9.99. The number of para-hydroxylation sites is 1. The fourth-order valence-corrected chi connectivity index (χ4v) is 4.52. The van der Waals surface area contributed by atoms with Gasteiger partial charge in [-0.2, -0.15) is 0 Å². The highest BCUT2D eigenvalue weighted by Gasteiger charge is 2.23. The van der Waals surface area contributed by atoms with Gasteiger partial charge in [-0.3, -0.25) is 9.79 Å². The summed E-state index contributed by atoms with van der Waals surface area (Å²) in [6.45, 7) is 4.16. The van der Waals surface area contributed by atoms with Crippen molar-refractivity contribution in [2.24, 2.45) is 4.99 Å². The van der Waals surface area contributed by atoms with Crippen molar-refractivity contribution in [3.05, 3.63) is 65.7 Å². The summed E-state index contributed by atoms with van der Waals surface area (Å²) in [7, 11) is 1.82. The molecule has 1 saturated heterocycles. The van der Waals surface area contributed by atoms with Crippen molar-refractivity contribution < 1.29 is 9.53 Å². The van der Waals surface area contributed by atoms with E-state index in [1.54, 1.807) is 0 Å². The zero-order valence-corrected chi connectivity index (χ0v) is 19.0. The van der Waals surface area contributed by atoms with Gasteiger partial charge in [0.15, 0.2) is 5.96 Å². The van der Waals surface area contributed by atoms with Gasteiger partial charge in [-0.1, -0.05) is 42.5 Å². The van der Waals surface area contributed by atoms with Gasteiger partial charge in [0, 0.05) is 59.0 Å². The van der Waals surface area contributed by atoms with Crippen molar-refractivity contribution in [2.45, 2.75) is 44.8 Å². The summed E-state index contributed by atoms with van der Waals surface area (Å²) in [5.41, 5.74) is 2.66. The lowest BCUT2D eigenvalue weighted by Gasteiger charge is -2.34. The maximum Gasteiger partial charge on any atom is 0.222 e. The lowest BCUT2D eigenvalue weighted by molar-refractivity contribution is -0.132. The van der Waals surface area contributed by atoms with Crippen molar-refractivity contribution in [1.82, 2.24) is 15.1 Å².